The Hall–Kier alpha value is -0.530. The Bertz CT molecular complexity index is 155. The SMILES string of the molecule is CCCCCCCCCC(=O)OCCCC. The number of esters is 1. The molecule has 0 fully saturated rings. The van der Waals surface area contributed by atoms with Gasteiger partial charge in [0.25, 0.3) is 0 Å². The van der Waals surface area contributed by atoms with Gasteiger partial charge in [-0.25, -0.2) is 0 Å². The molecule has 16 heavy (non-hydrogen) atoms. The topological polar surface area (TPSA) is 26.3 Å². The summed E-state index contributed by atoms with van der Waals surface area (Å²) in [6.45, 7) is 4.93. The maximum Gasteiger partial charge on any atom is 0.305 e. The Morgan fingerprint density at radius 3 is 2.00 bits per heavy atom. The van der Waals surface area contributed by atoms with Crippen molar-refractivity contribution in [2.75, 3.05) is 6.61 Å². The second-order valence-electron chi connectivity index (χ2n) is 4.45. The van der Waals surface area contributed by atoms with E-state index in [0.29, 0.717) is 13.0 Å². The van der Waals surface area contributed by atoms with Crippen LogP contribution in [0.5, 0.6) is 0 Å². The van der Waals surface area contributed by atoms with Crippen LogP contribution in [0.25, 0.3) is 0 Å². The molecule has 0 aliphatic rings. The molecule has 0 amide bonds. The summed E-state index contributed by atoms with van der Waals surface area (Å²) < 4.78 is 5.09. The van der Waals surface area contributed by atoms with Crippen LogP contribution in [0.2, 0.25) is 0 Å². The molecule has 0 aromatic rings. The van der Waals surface area contributed by atoms with Crippen LogP contribution in [0.15, 0.2) is 0 Å². The minimum Gasteiger partial charge on any atom is -0.466 e. The molecule has 0 aliphatic heterocycles. The van der Waals surface area contributed by atoms with Crippen LogP contribution in [0.4, 0.5) is 0 Å². The second-order valence-corrected chi connectivity index (χ2v) is 4.45. The predicted molar refractivity (Wildman–Crippen MR) is 68.5 cm³/mol. The van der Waals surface area contributed by atoms with Gasteiger partial charge in [0.1, 0.15) is 0 Å². The lowest BCUT2D eigenvalue weighted by Gasteiger charge is -2.03. The number of rotatable bonds is 11. The Balaban J connectivity index is 3.09. The number of hydrogen-bond acceptors (Lipinski definition) is 2. The van der Waals surface area contributed by atoms with Crippen molar-refractivity contribution in [2.45, 2.75) is 78.1 Å². The van der Waals surface area contributed by atoms with Crippen molar-refractivity contribution in [2.24, 2.45) is 0 Å². The van der Waals surface area contributed by atoms with Gasteiger partial charge in [0.15, 0.2) is 0 Å². The van der Waals surface area contributed by atoms with Gasteiger partial charge in [-0.1, -0.05) is 58.8 Å². The zero-order valence-electron chi connectivity index (χ0n) is 11.1. The fraction of sp³-hybridized carbons (Fsp3) is 0.929. The average Bonchev–Trinajstić information content (AvgIpc) is 2.28. The molecule has 0 heterocycles. The van der Waals surface area contributed by atoms with E-state index in [1.54, 1.807) is 0 Å². The zero-order chi connectivity index (χ0) is 12.1. The molecule has 0 saturated carbocycles. The molecule has 96 valence electrons. The number of carbonyl (C=O) groups excluding carboxylic acids is 1. The summed E-state index contributed by atoms with van der Waals surface area (Å²) in [5, 5.41) is 0. The van der Waals surface area contributed by atoms with E-state index in [2.05, 4.69) is 13.8 Å². The van der Waals surface area contributed by atoms with Gasteiger partial charge in [0, 0.05) is 6.42 Å². The van der Waals surface area contributed by atoms with Gasteiger partial charge in [-0.15, -0.1) is 0 Å². The molecule has 0 saturated heterocycles. The molecule has 0 N–H and O–H groups in total. The molecule has 0 aromatic heterocycles. The molecule has 0 unspecified atom stereocenters. The molecular formula is C14H28O2. The van der Waals surface area contributed by atoms with Gasteiger partial charge in [0.05, 0.1) is 6.61 Å². The molecule has 0 aliphatic carbocycles. The fourth-order valence-corrected chi connectivity index (χ4v) is 1.63. The highest BCUT2D eigenvalue weighted by Crippen LogP contribution is 2.08. The summed E-state index contributed by atoms with van der Waals surface area (Å²) >= 11 is 0. The van der Waals surface area contributed by atoms with E-state index in [1.165, 1.54) is 38.5 Å². The van der Waals surface area contributed by atoms with Crippen LogP contribution in [-0.4, -0.2) is 12.6 Å². The van der Waals surface area contributed by atoms with E-state index >= 15 is 0 Å². The zero-order valence-corrected chi connectivity index (χ0v) is 11.1. The van der Waals surface area contributed by atoms with Crippen molar-refractivity contribution < 1.29 is 9.53 Å². The van der Waals surface area contributed by atoms with Gasteiger partial charge in [0.2, 0.25) is 0 Å². The third kappa shape index (κ3) is 11.5. The molecule has 0 aromatic carbocycles. The van der Waals surface area contributed by atoms with Crippen molar-refractivity contribution >= 4 is 5.97 Å². The first kappa shape index (κ1) is 15.5. The first-order valence-electron chi connectivity index (χ1n) is 6.96. The van der Waals surface area contributed by atoms with Gasteiger partial charge in [-0.3, -0.25) is 4.79 Å². The van der Waals surface area contributed by atoms with Crippen molar-refractivity contribution in [3.05, 3.63) is 0 Å². The van der Waals surface area contributed by atoms with Crippen molar-refractivity contribution in [1.82, 2.24) is 0 Å². The Kier molecular flexibility index (Phi) is 12.1. The van der Waals surface area contributed by atoms with Crippen LogP contribution >= 0.6 is 0 Å². The number of hydrogen-bond donors (Lipinski definition) is 0. The van der Waals surface area contributed by atoms with E-state index in [1.807, 2.05) is 0 Å². The number of ether oxygens (including phenoxy) is 1. The summed E-state index contributed by atoms with van der Waals surface area (Å²) in [4.78, 5) is 11.2. The summed E-state index contributed by atoms with van der Waals surface area (Å²) in [6.07, 6.45) is 11.4. The molecule has 0 radical (unpaired) electrons. The van der Waals surface area contributed by atoms with Crippen molar-refractivity contribution in [1.29, 1.82) is 0 Å². The molecule has 2 nitrogen and oxygen atoms in total. The van der Waals surface area contributed by atoms with Crippen LogP contribution < -0.4 is 0 Å². The summed E-state index contributed by atoms with van der Waals surface area (Å²) in [6, 6.07) is 0. The Morgan fingerprint density at radius 1 is 0.812 bits per heavy atom. The first-order chi connectivity index (χ1) is 7.81. The maximum absolute atomic E-state index is 11.2. The van der Waals surface area contributed by atoms with E-state index in [4.69, 9.17) is 4.74 Å². The van der Waals surface area contributed by atoms with Crippen LogP contribution in [0, 0.1) is 0 Å². The van der Waals surface area contributed by atoms with Gasteiger partial charge >= 0.3 is 5.97 Å². The lowest BCUT2D eigenvalue weighted by atomic mass is 10.1. The minimum absolute atomic E-state index is 0.0120. The molecule has 0 bridgehead atoms. The van der Waals surface area contributed by atoms with E-state index < -0.39 is 0 Å². The van der Waals surface area contributed by atoms with Crippen molar-refractivity contribution in [3.8, 4) is 0 Å². The number of unbranched alkanes of at least 4 members (excludes halogenated alkanes) is 7. The fourth-order valence-electron chi connectivity index (χ4n) is 1.63. The van der Waals surface area contributed by atoms with Gasteiger partial charge in [-0.05, 0) is 12.8 Å². The first-order valence-corrected chi connectivity index (χ1v) is 6.96. The van der Waals surface area contributed by atoms with E-state index in [0.717, 1.165) is 19.3 Å². The third-order valence-corrected chi connectivity index (χ3v) is 2.75. The quantitative estimate of drug-likeness (QED) is 0.385. The Morgan fingerprint density at radius 2 is 1.38 bits per heavy atom. The van der Waals surface area contributed by atoms with Gasteiger partial charge < -0.3 is 4.74 Å². The summed E-state index contributed by atoms with van der Waals surface area (Å²) in [7, 11) is 0. The predicted octanol–water partition coefficient (Wildman–Crippen LogP) is 4.47. The lowest BCUT2D eigenvalue weighted by Crippen LogP contribution is -2.05. The Labute approximate surface area is 101 Å². The minimum atomic E-state index is -0.0120. The largest absolute Gasteiger partial charge is 0.466 e. The monoisotopic (exact) mass is 228 g/mol. The van der Waals surface area contributed by atoms with E-state index in [9.17, 15) is 4.79 Å². The van der Waals surface area contributed by atoms with Gasteiger partial charge in [-0.2, -0.15) is 0 Å². The van der Waals surface area contributed by atoms with Crippen LogP contribution in [-0.2, 0) is 9.53 Å². The van der Waals surface area contributed by atoms with Crippen LogP contribution in [0.3, 0.4) is 0 Å². The molecule has 0 rings (SSSR count). The average molecular weight is 228 g/mol. The van der Waals surface area contributed by atoms with E-state index in [-0.39, 0.29) is 5.97 Å². The second kappa shape index (κ2) is 12.5. The molecule has 0 atom stereocenters. The van der Waals surface area contributed by atoms with Crippen LogP contribution in [0.1, 0.15) is 78.1 Å². The summed E-state index contributed by atoms with van der Waals surface area (Å²) in [5.74, 6) is -0.0120. The highest BCUT2D eigenvalue weighted by atomic mass is 16.5. The van der Waals surface area contributed by atoms with Crippen molar-refractivity contribution in [3.63, 3.8) is 0 Å². The highest BCUT2D eigenvalue weighted by Gasteiger charge is 2.01. The highest BCUT2D eigenvalue weighted by molar-refractivity contribution is 5.69. The summed E-state index contributed by atoms with van der Waals surface area (Å²) in [5.41, 5.74) is 0. The maximum atomic E-state index is 11.2. The normalized spacial score (nSPS) is 10.4. The standard InChI is InChI=1S/C14H28O2/c1-3-5-7-8-9-10-11-12-14(15)16-13-6-4-2/h3-13H2,1-2H3. The number of carbonyl (C=O) groups is 1. The molecule has 0 spiro atoms. The molecule has 2 heteroatoms. The molecular weight excluding hydrogens is 200 g/mol. The smallest absolute Gasteiger partial charge is 0.305 e. The lowest BCUT2D eigenvalue weighted by molar-refractivity contribution is -0.143. The third-order valence-electron chi connectivity index (χ3n) is 2.75.